The highest BCUT2D eigenvalue weighted by Gasteiger charge is 2.23. The fourth-order valence-corrected chi connectivity index (χ4v) is 4.70. The number of nitrogens with one attached hydrogen (secondary N) is 2. The van der Waals surface area contributed by atoms with E-state index in [2.05, 4.69) is 25.0 Å². The molecule has 0 radical (unpaired) electrons. The Labute approximate surface area is 229 Å². The molecule has 1 amide bonds. The van der Waals surface area contributed by atoms with Gasteiger partial charge in [0.15, 0.2) is 11.7 Å². The summed E-state index contributed by atoms with van der Waals surface area (Å²) in [6.07, 6.45) is 0.286. The molecule has 2 N–H and O–H groups in total. The fraction of sp³-hybridized carbons (Fsp3) is 0.107. The van der Waals surface area contributed by atoms with Gasteiger partial charge < -0.3 is 14.5 Å². The lowest BCUT2D eigenvalue weighted by Crippen LogP contribution is -2.30. The van der Waals surface area contributed by atoms with E-state index in [0.29, 0.717) is 28.0 Å². The molecule has 1 atom stereocenters. The molecule has 1 unspecified atom stereocenters. The summed E-state index contributed by atoms with van der Waals surface area (Å²) in [6.45, 7) is 3.14. The van der Waals surface area contributed by atoms with Crippen molar-refractivity contribution in [3.63, 3.8) is 0 Å². The molecular formula is C28H23N5O6S. The molecule has 2 aromatic heterocycles. The van der Waals surface area contributed by atoms with E-state index < -0.39 is 28.0 Å². The number of ether oxygens (including phenoxy) is 1. The molecule has 0 bridgehead atoms. The van der Waals surface area contributed by atoms with E-state index in [1.165, 1.54) is 37.4 Å². The van der Waals surface area contributed by atoms with Crippen molar-refractivity contribution < 1.29 is 27.2 Å². The SMILES string of the molecule is Cc1ccnc(NS(=O)(=O)c2ccc(NC(=O)C(C)OC(=O)c3ccccc3-c3nc4ccccc4o3)cc2)n1. The monoisotopic (exact) mass is 557 g/mol. The van der Waals surface area contributed by atoms with Gasteiger partial charge in [-0.15, -0.1) is 0 Å². The van der Waals surface area contributed by atoms with Gasteiger partial charge in [-0.2, -0.15) is 0 Å². The molecule has 0 saturated carbocycles. The number of para-hydroxylation sites is 2. The summed E-state index contributed by atoms with van der Waals surface area (Å²) in [5.74, 6) is -1.13. The second kappa shape index (κ2) is 10.9. The number of nitrogens with zero attached hydrogens (tertiary/aromatic N) is 3. The molecule has 0 aliphatic heterocycles. The van der Waals surface area contributed by atoms with Gasteiger partial charge in [-0.3, -0.25) is 4.79 Å². The molecule has 12 heteroatoms. The van der Waals surface area contributed by atoms with Crippen molar-refractivity contribution in [2.45, 2.75) is 24.8 Å². The Morgan fingerprint density at radius 3 is 2.40 bits per heavy atom. The van der Waals surface area contributed by atoms with Crippen LogP contribution in [0, 0.1) is 6.92 Å². The zero-order chi connectivity index (χ0) is 28.3. The molecular weight excluding hydrogens is 534 g/mol. The van der Waals surface area contributed by atoms with E-state index in [0.717, 1.165) is 0 Å². The van der Waals surface area contributed by atoms with Crippen molar-refractivity contribution in [3.05, 3.63) is 96.3 Å². The van der Waals surface area contributed by atoms with Crippen molar-refractivity contribution in [1.82, 2.24) is 15.0 Å². The number of anilines is 2. The van der Waals surface area contributed by atoms with Crippen molar-refractivity contribution in [2.75, 3.05) is 10.0 Å². The first-order chi connectivity index (χ1) is 19.2. The second-order valence-electron chi connectivity index (χ2n) is 8.72. The maximum atomic E-state index is 13.0. The van der Waals surface area contributed by atoms with Gasteiger partial charge in [0, 0.05) is 17.6 Å². The van der Waals surface area contributed by atoms with Crippen LogP contribution in [0.5, 0.6) is 0 Å². The lowest BCUT2D eigenvalue weighted by molar-refractivity contribution is -0.123. The molecule has 202 valence electrons. The number of aromatic nitrogens is 3. The molecule has 5 aromatic rings. The van der Waals surface area contributed by atoms with E-state index in [9.17, 15) is 18.0 Å². The number of fused-ring (bicyclic) bond motifs is 1. The third kappa shape index (κ3) is 5.81. The summed E-state index contributed by atoms with van der Waals surface area (Å²) in [7, 11) is -3.94. The molecule has 0 aliphatic rings. The predicted molar refractivity (Wildman–Crippen MR) is 147 cm³/mol. The van der Waals surface area contributed by atoms with Crippen molar-refractivity contribution in [2.24, 2.45) is 0 Å². The van der Waals surface area contributed by atoms with Crippen molar-refractivity contribution in [3.8, 4) is 11.5 Å². The number of hydrogen-bond donors (Lipinski definition) is 2. The average molecular weight is 558 g/mol. The zero-order valence-electron chi connectivity index (χ0n) is 21.4. The van der Waals surface area contributed by atoms with E-state index in [1.54, 1.807) is 49.4 Å². The number of hydrogen-bond acceptors (Lipinski definition) is 9. The molecule has 5 rings (SSSR count). The normalized spacial score (nSPS) is 12.1. The lowest BCUT2D eigenvalue weighted by atomic mass is 10.1. The largest absolute Gasteiger partial charge is 0.449 e. The number of aryl methyl sites for hydroxylation is 1. The third-order valence-electron chi connectivity index (χ3n) is 5.78. The summed E-state index contributed by atoms with van der Waals surface area (Å²) in [5, 5.41) is 2.61. The van der Waals surface area contributed by atoms with Gasteiger partial charge >= 0.3 is 5.97 Å². The number of amides is 1. The molecule has 11 nitrogen and oxygen atoms in total. The highest BCUT2D eigenvalue weighted by atomic mass is 32.2. The van der Waals surface area contributed by atoms with Crippen LogP contribution in [0.15, 0.2) is 94.4 Å². The number of sulfonamides is 1. The Bertz CT molecular complexity index is 1790. The number of carbonyl (C=O) groups excluding carboxylic acids is 2. The number of carbonyl (C=O) groups is 2. The van der Waals surface area contributed by atoms with Crippen LogP contribution in [-0.4, -0.2) is 41.4 Å². The first-order valence-electron chi connectivity index (χ1n) is 12.1. The Hall–Kier alpha value is -5.10. The third-order valence-corrected chi connectivity index (χ3v) is 7.12. The number of rotatable bonds is 8. The summed E-state index contributed by atoms with van der Waals surface area (Å²) in [6, 6.07) is 21.0. The van der Waals surface area contributed by atoms with E-state index >= 15 is 0 Å². The van der Waals surface area contributed by atoms with Gasteiger partial charge in [-0.05, 0) is 68.4 Å². The van der Waals surface area contributed by atoms with Gasteiger partial charge in [-0.25, -0.2) is 32.9 Å². The Balaban J connectivity index is 1.24. The molecule has 3 aromatic carbocycles. The Morgan fingerprint density at radius 1 is 0.925 bits per heavy atom. The van der Waals surface area contributed by atoms with Crippen LogP contribution in [0.3, 0.4) is 0 Å². The number of benzene rings is 3. The summed E-state index contributed by atoms with van der Waals surface area (Å²) in [5.41, 5.74) is 2.75. The van der Waals surface area contributed by atoms with Crippen LogP contribution in [0.2, 0.25) is 0 Å². The minimum Gasteiger partial charge on any atom is -0.449 e. The molecule has 2 heterocycles. The number of esters is 1. The summed E-state index contributed by atoms with van der Waals surface area (Å²) in [4.78, 5) is 38.0. The van der Waals surface area contributed by atoms with Gasteiger partial charge in [0.2, 0.25) is 11.8 Å². The quantitative estimate of drug-likeness (QED) is 0.261. The van der Waals surface area contributed by atoms with Crippen LogP contribution < -0.4 is 10.0 Å². The van der Waals surface area contributed by atoms with Gasteiger partial charge in [-0.1, -0.05) is 24.3 Å². The lowest BCUT2D eigenvalue weighted by Gasteiger charge is -2.15. The van der Waals surface area contributed by atoms with Crippen LogP contribution in [-0.2, 0) is 19.6 Å². The van der Waals surface area contributed by atoms with Crippen LogP contribution >= 0.6 is 0 Å². The van der Waals surface area contributed by atoms with Crippen LogP contribution in [0.25, 0.3) is 22.6 Å². The first-order valence-corrected chi connectivity index (χ1v) is 13.6. The average Bonchev–Trinajstić information content (AvgIpc) is 3.37. The Kier molecular flexibility index (Phi) is 7.25. The van der Waals surface area contributed by atoms with Crippen molar-refractivity contribution in [1.29, 1.82) is 0 Å². The maximum Gasteiger partial charge on any atom is 0.339 e. The minimum absolute atomic E-state index is 0.0501. The fourth-order valence-electron chi connectivity index (χ4n) is 3.75. The van der Waals surface area contributed by atoms with E-state index in [-0.39, 0.29) is 22.3 Å². The number of oxazole rings is 1. The molecule has 0 fully saturated rings. The van der Waals surface area contributed by atoms with Crippen LogP contribution in [0.4, 0.5) is 11.6 Å². The minimum atomic E-state index is -3.94. The molecule has 0 spiro atoms. The van der Waals surface area contributed by atoms with Gasteiger partial charge in [0.05, 0.1) is 16.0 Å². The zero-order valence-corrected chi connectivity index (χ0v) is 22.2. The summed E-state index contributed by atoms with van der Waals surface area (Å²) >= 11 is 0. The Morgan fingerprint density at radius 2 is 1.65 bits per heavy atom. The smallest absolute Gasteiger partial charge is 0.339 e. The topological polar surface area (TPSA) is 153 Å². The summed E-state index contributed by atoms with van der Waals surface area (Å²) < 4.78 is 38.8. The predicted octanol–water partition coefficient (Wildman–Crippen LogP) is 4.58. The second-order valence-corrected chi connectivity index (χ2v) is 10.4. The highest BCUT2D eigenvalue weighted by Crippen LogP contribution is 2.27. The standard InChI is InChI=1S/C28H23N5O6S/c1-17-15-16-29-28(30-17)33-40(36,37)20-13-11-19(12-14-20)31-25(34)18(2)38-27(35)22-8-4-3-7-21(22)26-32-23-9-5-6-10-24(23)39-26/h3-16,18H,1-2H3,(H,31,34)(H,29,30,33). The van der Waals surface area contributed by atoms with Gasteiger partial charge in [0.25, 0.3) is 15.9 Å². The molecule has 0 aliphatic carbocycles. The maximum absolute atomic E-state index is 13.0. The van der Waals surface area contributed by atoms with Crippen molar-refractivity contribution >= 4 is 44.6 Å². The first kappa shape index (κ1) is 26.5. The van der Waals surface area contributed by atoms with Gasteiger partial charge in [0.1, 0.15) is 5.52 Å². The van der Waals surface area contributed by atoms with E-state index in [1.807, 2.05) is 12.1 Å². The molecule has 0 saturated heterocycles. The van der Waals surface area contributed by atoms with Crippen LogP contribution in [0.1, 0.15) is 23.0 Å². The van der Waals surface area contributed by atoms with E-state index in [4.69, 9.17) is 9.15 Å². The highest BCUT2D eigenvalue weighted by molar-refractivity contribution is 7.92. The molecule has 40 heavy (non-hydrogen) atoms.